The zero-order chi connectivity index (χ0) is 18.0. The third-order valence-corrected chi connectivity index (χ3v) is 5.58. The molecule has 2 heterocycles. The fourth-order valence-electron chi connectivity index (χ4n) is 3.37. The van der Waals surface area contributed by atoms with Gasteiger partial charge in [-0.25, -0.2) is 0 Å². The van der Waals surface area contributed by atoms with E-state index in [2.05, 4.69) is 21.4 Å². The molecule has 2 aromatic rings. The van der Waals surface area contributed by atoms with Crippen LogP contribution in [0.15, 0.2) is 30.5 Å². The highest BCUT2D eigenvalue weighted by Crippen LogP contribution is 2.28. The molecule has 3 rings (SSSR count). The van der Waals surface area contributed by atoms with Gasteiger partial charge < -0.3 is 5.32 Å². The normalized spacial score (nSPS) is 19.6. The number of aromatic nitrogens is 2. The van der Waals surface area contributed by atoms with E-state index in [1.807, 2.05) is 24.9 Å². The van der Waals surface area contributed by atoms with Crippen molar-refractivity contribution in [2.45, 2.75) is 31.7 Å². The topological polar surface area (TPSA) is 50.2 Å². The first-order chi connectivity index (χ1) is 12.0. The summed E-state index contributed by atoms with van der Waals surface area (Å²) in [4.78, 5) is 14.9. The van der Waals surface area contributed by atoms with Gasteiger partial charge in [-0.2, -0.15) is 5.10 Å². The van der Waals surface area contributed by atoms with Crippen LogP contribution in [0.1, 0.15) is 31.4 Å². The lowest BCUT2D eigenvalue weighted by Gasteiger charge is -2.36. The van der Waals surface area contributed by atoms with E-state index in [9.17, 15) is 4.79 Å². The van der Waals surface area contributed by atoms with E-state index >= 15 is 0 Å². The first-order valence-electron chi connectivity index (χ1n) is 8.43. The molecular weight excluding hydrogens is 359 g/mol. The van der Waals surface area contributed by atoms with Crippen molar-refractivity contribution in [2.24, 2.45) is 7.05 Å². The zero-order valence-electron chi connectivity index (χ0n) is 14.4. The predicted octanol–water partition coefficient (Wildman–Crippen LogP) is 3.93. The Bertz CT molecular complexity index is 761. The summed E-state index contributed by atoms with van der Waals surface area (Å²) >= 11 is 11.9. The van der Waals surface area contributed by atoms with Crippen molar-refractivity contribution >= 4 is 34.8 Å². The third kappa shape index (κ3) is 4.17. The van der Waals surface area contributed by atoms with Crippen molar-refractivity contribution in [2.75, 3.05) is 18.4 Å². The number of benzene rings is 1. The number of hydrogen-bond acceptors (Lipinski definition) is 3. The molecule has 1 aliphatic rings. The molecule has 1 N–H and O–H groups in total. The number of nitrogens with one attached hydrogen (secondary N) is 1. The highest BCUT2D eigenvalue weighted by atomic mass is 35.5. The summed E-state index contributed by atoms with van der Waals surface area (Å²) in [5.74, 6) is 0.366. The van der Waals surface area contributed by atoms with E-state index < -0.39 is 0 Å². The fourth-order valence-corrected chi connectivity index (χ4v) is 3.67. The van der Waals surface area contributed by atoms with Crippen LogP contribution in [0.4, 0.5) is 5.69 Å². The molecule has 1 aromatic carbocycles. The van der Waals surface area contributed by atoms with Gasteiger partial charge in [-0.1, -0.05) is 23.2 Å². The molecule has 25 heavy (non-hydrogen) atoms. The number of hydrogen-bond donors (Lipinski definition) is 1. The van der Waals surface area contributed by atoms with Crippen molar-refractivity contribution in [3.8, 4) is 0 Å². The first kappa shape index (κ1) is 18.2. The van der Waals surface area contributed by atoms with E-state index in [4.69, 9.17) is 23.2 Å². The zero-order valence-corrected chi connectivity index (χ0v) is 15.9. The smallest absolute Gasteiger partial charge is 0.241 e. The van der Waals surface area contributed by atoms with Gasteiger partial charge in [-0.3, -0.25) is 14.4 Å². The lowest BCUT2D eigenvalue weighted by molar-refractivity contribution is -0.121. The van der Waals surface area contributed by atoms with E-state index in [1.54, 1.807) is 18.2 Å². The van der Waals surface area contributed by atoms with Gasteiger partial charge in [0.25, 0.3) is 0 Å². The molecular formula is C18H22Cl2N4O. The summed E-state index contributed by atoms with van der Waals surface area (Å²) < 4.78 is 1.93. The van der Waals surface area contributed by atoms with Crippen LogP contribution < -0.4 is 5.32 Å². The maximum atomic E-state index is 12.6. The molecule has 7 heteroatoms. The average molecular weight is 381 g/mol. The summed E-state index contributed by atoms with van der Waals surface area (Å²) in [6.45, 7) is 3.72. The molecule has 0 radical (unpaired) electrons. The Kier molecular flexibility index (Phi) is 5.67. The van der Waals surface area contributed by atoms with Gasteiger partial charge in [0.2, 0.25) is 5.91 Å². The van der Waals surface area contributed by atoms with E-state index in [1.165, 1.54) is 5.69 Å². The van der Waals surface area contributed by atoms with Crippen LogP contribution in [0, 0.1) is 0 Å². The lowest BCUT2D eigenvalue weighted by Crippen LogP contribution is -2.46. The van der Waals surface area contributed by atoms with Crippen LogP contribution >= 0.6 is 23.2 Å². The highest BCUT2D eigenvalue weighted by Gasteiger charge is 2.29. The molecule has 5 nitrogen and oxygen atoms in total. The first-order valence-corrected chi connectivity index (χ1v) is 9.19. The second kappa shape index (κ2) is 7.77. The quantitative estimate of drug-likeness (QED) is 0.873. The lowest BCUT2D eigenvalue weighted by atomic mass is 9.93. The third-order valence-electron chi connectivity index (χ3n) is 4.84. The number of carbonyl (C=O) groups excluding carboxylic acids is 1. The minimum atomic E-state index is -0.217. The molecule has 0 bridgehead atoms. The monoisotopic (exact) mass is 380 g/mol. The van der Waals surface area contributed by atoms with Crippen molar-refractivity contribution in [1.82, 2.24) is 14.7 Å². The number of amides is 1. The molecule has 2 atom stereocenters. The van der Waals surface area contributed by atoms with Gasteiger partial charge in [0.15, 0.2) is 0 Å². The van der Waals surface area contributed by atoms with Crippen molar-refractivity contribution < 1.29 is 4.79 Å². The van der Waals surface area contributed by atoms with Gasteiger partial charge >= 0.3 is 0 Å². The van der Waals surface area contributed by atoms with Crippen LogP contribution in [0.25, 0.3) is 0 Å². The predicted molar refractivity (Wildman–Crippen MR) is 101 cm³/mol. The van der Waals surface area contributed by atoms with Gasteiger partial charge in [0, 0.05) is 37.1 Å². The molecule has 0 saturated carbocycles. The minimum Gasteiger partial charge on any atom is -0.325 e. The molecule has 134 valence electrons. The van der Waals surface area contributed by atoms with Crippen molar-refractivity contribution in [3.63, 3.8) is 0 Å². The van der Waals surface area contributed by atoms with E-state index in [0.29, 0.717) is 21.7 Å². The number of carbonyl (C=O) groups is 1. The molecule has 1 saturated heterocycles. The summed E-state index contributed by atoms with van der Waals surface area (Å²) in [6.07, 6.45) is 4.02. The second-order valence-electron chi connectivity index (χ2n) is 6.51. The standard InChI is InChI=1S/C18H22Cl2N4O/c1-12(18(25)22-14-5-6-15(19)16(20)10-14)24-9-3-4-13(11-24)17-7-8-21-23(17)2/h5-8,10,12-13H,3-4,9,11H2,1-2H3,(H,22,25). The molecule has 1 aromatic heterocycles. The Morgan fingerprint density at radius 3 is 2.80 bits per heavy atom. The molecule has 0 aliphatic carbocycles. The summed E-state index contributed by atoms with van der Waals surface area (Å²) in [5.41, 5.74) is 1.88. The SMILES string of the molecule is CC(C(=O)Nc1ccc(Cl)c(Cl)c1)N1CCCC(c2ccnn2C)C1. The number of rotatable bonds is 4. The Labute approximate surface area is 157 Å². The van der Waals surface area contributed by atoms with Crippen LogP contribution in [0.5, 0.6) is 0 Å². The molecule has 0 spiro atoms. The van der Waals surface area contributed by atoms with Gasteiger partial charge in [-0.05, 0) is 50.6 Å². The summed E-state index contributed by atoms with van der Waals surface area (Å²) in [7, 11) is 1.97. The maximum Gasteiger partial charge on any atom is 0.241 e. The number of likely N-dealkylation sites (tertiary alicyclic amines) is 1. The van der Waals surface area contributed by atoms with Crippen molar-refractivity contribution in [3.05, 3.63) is 46.2 Å². The number of nitrogens with zero attached hydrogens (tertiary/aromatic N) is 3. The number of halogens is 2. The Morgan fingerprint density at radius 2 is 2.12 bits per heavy atom. The van der Waals surface area contributed by atoms with Crippen LogP contribution in [-0.2, 0) is 11.8 Å². The number of piperidine rings is 1. The average Bonchev–Trinajstić information content (AvgIpc) is 3.03. The largest absolute Gasteiger partial charge is 0.325 e. The van der Waals surface area contributed by atoms with Gasteiger partial charge in [0.1, 0.15) is 0 Å². The molecule has 2 unspecified atom stereocenters. The minimum absolute atomic E-state index is 0.0379. The van der Waals surface area contributed by atoms with Crippen LogP contribution in [0.2, 0.25) is 10.0 Å². The second-order valence-corrected chi connectivity index (χ2v) is 7.32. The Hall–Kier alpha value is -1.56. The summed E-state index contributed by atoms with van der Waals surface area (Å²) in [6, 6.07) is 6.96. The van der Waals surface area contributed by atoms with Gasteiger partial charge in [0.05, 0.1) is 16.1 Å². The van der Waals surface area contributed by atoms with Crippen LogP contribution in [-0.4, -0.2) is 39.7 Å². The molecule has 1 amide bonds. The maximum absolute atomic E-state index is 12.6. The Morgan fingerprint density at radius 1 is 1.32 bits per heavy atom. The highest BCUT2D eigenvalue weighted by molar-refractivity contribution is 6.42. The van der Waals surface area contributed by atoms with E-state index in [0.717, 1.165) is 25.9 Å². The van der Waals surface area contributed by atoms with Crippen LogP contribution in [0.3, 0.4) is 0 Å². The summed E-state index contributed by atoms with van der Waals surface area (Å²) in [5, 5.41) is 8.10. The van der Waals surface area contributed by atoms with Gasteiger partial charge in [-0.15, -0.1) is 0 Å². The van der Waals surface area contributed by atoms with Crippen molar-refractivity contribution in [1.29, 1.82) is 0 Å². The molecule has 1 aliphatic heterocycles. The Balaban J connectivity index is 1.65. The number of aryl methyl sites for hydroxylation is 1. The van der Waals surface area contributed by atoms with E-state index in [-0.39, 0.29) is 11.9 Å². The molecule has 1 fully saturated rings. The fraction of sp³-hybridized carbons (Fsp3) is 0.444. The number of anilines is 1.